The van der Waals surface area contributed by atoms with Crippen molar-refractivity contribution < 1.29 is 8.83 Å². The largest absolute Gasteiger partial charge is 0.456 e. The van der Waals surface area contributed by atoms with Crippen LogP contribution in [0.4, 0.5) is 17.1 Å². The monoisotopic (exact) mass is 667 g/mol. The molecule has 0 saturated heterocycles. The quantitative estimate of drug-likeness (QED) is 0.187. The van der Waals surface area contributed by atoms with Crippen LogP contribution in [0.2, 0.25) is 0 Å². The van der Waals surface area contributed by atoms with E-state index in [9.17, 15) is 0 Å². The Bertz CT molecular complexity index is 3070. The molecule has 246 valence electrons. The third kappa shape index (κ3) is 4.02. The van der Waals surface area contributed by atoms with Gasteiger partial charge in [-0.3, -0.25) is 0 Å². The van der Waals surface area contributed by atoms with Gasteiger partial charge in [0, 0.05) is 32.6 Å². The van der Waals surface area contributed by atoms with Gasteiger partial charge in [-0.05, 0) is 87.3 Å². The van der Waals surface area contributed by atoms with E-state index in [1.165, 1.54) is 27.6 Å². The average molecular weight is 668 g/mol. The number of hydrogen-bond acceptors (Lipinski definition) is 3. The van der Waals surface area contributed by atoms with Crippen molar-refractivity contribution in [3.63, 3.8) is 0 Å². The Morgan fingerprint density at radius 1 is 0.462 bits per heavy atom. The van der Waals surface area contributed by atoms with Crippen LogP contribution in [0.15, 0.2) is 173 Å². The number of benzene rings is 8. The molecule has 8 aromatic carbocycles. The summed E-state index contributed by atoms with van der Waals surface area (Å²) in [5.41, 5.74) is 14.2. The number of para-hydroxylation sites is 1. The maximum atomic E-state index is 6.61. The molecule has 0 amide bonds. The summed E-state index contributed by atoms with van der Waals surface area (Å²) >= 11 is 0. The smallest absolute Gasteiger partial charge is 0.143 e. The van der Waals surface area contributed by atoms with Crippen LogP contribution in [-0.2, 0) is 5.41 Å². The molecule has 1 aliphatic rings. The molecule has 0 radical (unpaired) electrons. The zero-order chi connectivity index (χ0) is 34.6. The van der Waals surface area contributed by atoms with E-state index >= 15 is 0 Å². The van der Waals surface area contributed by atoms with Gasteiger partial charge in [0.2, 0.25) is 0 Å². The fraction of sp³-hybridized carbons (Fsp3) is 0.0612. The number of anilines is 3. The summed E-state index contributed by atoms with van der Waals surface area (Å²) in [5.74, 6) is 0. The van der Waals surface area contributed by atoms with Gasteiger partial charge in [0.05, 0.1) is 16.8 Å². The molecule has 52 heavy (non-hydrogen) atoms. The fourth-order valence-corrected chi connectivity index (χ4v) is 8.96. The van der Waals surface area contributed by atoms with E-state index in [4.69, 9.17) is 8.83 Å². The van der Waals surface area contributed by atoms with Gasteiger partial charge in [-0.1, -0.05) is 129 Å². The van der Waals surface area contributed by atoms with Gasteiger partial charge in [0.15, 0.2) is 0 Å². The Morgan fingerprint density at radius 3 is 2.06 bits per heavy atom. The van der Waals surface area contributed by atoms with Gasteiger partial charge in [0.25, 0.3) is 0 Å². The van der Waals surface area contributed by atoms with Crippen LogP contribution in [-0.4, -0.2) is 0 Å². The van der Waals surface area contributed by atoms with Crippen LogP contribution in [0, 0.1) is 0 Å². The third-order valence-corrected chi connectivity index (χ3v) is 11.2. The predicted molar refractivity (Wildman–Crippen MR) is 216 cm³/mol. The van der Waals surface area contributed by atoms with Gasteiger partial charge in [-0.2, -0.15) is 0 Å². The summed E-state index contributed by atoms with van der Waals surface area (Å²) in [6.45, 7) is 4.72. The molecule has 2 aromatic heterocycles. The second-order valence-electron chi connectivity index (χ2n) is 14.4. The summed E-state index contributed by atoms with van der Waals surface area (Å²) in [7, 11) is 0. The number of hydrogen-bond donors (Lipinski definition) is 0. The third-order valence-electron chi connectivity index (χ3n) is 11.2. The lowest BCUT2D eigenvalue weighted by atomic mass is 9.81. The summed E-state index contributed by atoms with van der Waals surface area (Å²) in [5, 5.41) is 6.77. The van der Waals surface area contributed by atoms with E-state index in [2.05, 4.69) is 176 Å². The molecule has 11 rings (SSSR count). The zero-order valence-corrected chi connectivity index (χ0v) is 28.9. The minimum Gasteiger partial charge on any atom is -0.456 e. The first-order valence-corrected chi connectivity index (χ1v) is 17.9. The van der Waals surface area contributed by atoms with Crippen molar-refractivity contribution in [3.05, 3.63) is 175 Å². The van der Waals surface area contributed by atoms with Crippen LogP contribution >= 0.6 is 0 Å². The van der Waals surface area contributed by atoms with E-state index in [1.807, 2.05) is 6.07 Å². The summed E-state index contributed by atoms with van der Waals surface area (Å²) in [6.07, 6.45) is 0. The highest BCUT2D eigenvalue weighted by molar-refractivity contribution is 6.19. The van der Waals surface area contributed by atoms with E-state index in [0.717, 1.165) is 77.5 Å². The van der Waals surface area contributed by atoms with Crippen LogP contribution in [0.5, 0.6) is 0 Å². The average Bonchev–Trinajstić information content (AvgIpc) is 3.84. The Kier molecular flexibility index (Phi) is 6.01. The summed E-state index contributed by atoms with van der Waals surface area (Å²) in [4.78, 5) is 2.46. The molecular weight excluding hydrogens is 635 g/mol. The number of rotatable bonds is 4. The van der Waals surface area contributed by atoms with Crippen molar-refractivity contribution >= 4 is 71.7 Å². The predicted octanol–water partition coefficient (Wildman–Crippen LogP) is 14.1. The number of fused-ring (bicyclic) bond motifs is 11. The molecule has 1 aliphatic carbocycles. The van der Waals surface area contributed by atoms with E-state index in [1.54, 1.807) is 0 Å². The van der Waals surface area contributed by atoms with Gasteiger partial charge in [-0.25, -0.2) is 0 Å². The molecule has 10 aromatic rings. The van der Waals surface area contributed by atoms with Crippen molar-refractivity contribution in [2.45, 2.75) is 19.3 Å². The Hall–Kier alpha value is -6.58. The minimum atomic E-state index is -0.213. The molecule has 0 aliphatic heterocycles. The van der Waals surface area contributed by atoms with Crippen LogP contribution in [0.25, 0.3) is 76.9 Å². The molecule has 3 nitrogen and oxygen atoms in total. The van der Waals surface area contributed by atoms with Gasteiger partial charge >= 0.3 is 0 Å². The van der Waals surface area contributed by atoms with Gasteiger partial charge in [-0.15, -0.1) is 0 Å². The highest BCUT2D eigenvalue weighted by atomic mass is 16.3. The normalized spacial score (nSPS) is 13.3. The Balaban J connectivity index is 1.19. The molecular formula is C49H33NO2. The maximum Gasteiger partial charge on any atom is 0.143 e. The highest BCUT2D eigenvalue weighted by Gasteiger charge is 2.39. The highest BCUT2D eigenvalue weighted by Crippen LogP contribution is 2.55. The first-order chi connectivity index (χ1) is 25.6. The molecule has 2 heterocycles. The van der Waals surface area contributed by atoms with Crippen molar-refractivity contribution in [2.24, 2.45) is 0 Å². The lowest BCUT2D eigenvalue weighted by Crippen LogP contribution is -2.20. The molecule has 0 N–H and O–H groups in total. The molecule has 0 fully saturated rings. The molecule has 0 bridgehead atoms. The standard InChI is InChI=1S/C49H33NO2/c1-49(2)39-21-7-5-17-35(39)36-20-10-23-41(47(36)49)50(40-22-12-26-44-46(40)37-18-6-8-24-42(37)51-44)32-15-9-14-31(29-32)33-19-11-25-43-45(33)38-28-27-30-13-3-4-16-34(30)48(38)52-43/h3-29H,1-2H3. The van der Waals surface area contributed by atoms with Crippen molar-refractivity contribution in [1.29, 1.82) is 0 Å². The second-order valence-corrected chi connectivity index (χ2v) is 14.4. The molecule has 0 spiro atoms. The number of nitrogens with zero attached hydrogens (tertiary/aromatic N) is 1. The van der Waals surface area contributed by atoms with E-state index in [-0.39, 0.29) is 5.41 Å². The fourth-order valence-electron chi connectivity index (χ4n) is 8.96. The van der Waals surface area contributed by atoms with Crippen LogP contribution < -0.4 is 4.90 Å². The van der Waals surface area contributed by atoms with Crippen molar-refractivity contribution in [1.82, 2.24) is 0 Å². The SMILES string of the molecule is CC1(C)c2ccccc2-c2cccc(N(c3cccc(-c4cccc5oc6c7ccccc7ccc6c45)c3)c3cccc4oc5ccccc5c34)c21. The van der Waals surface area contributed by atoms with Crippen molar-refractivity contribution in [2.75, 3.05) is 4.90 Å². The van der Waals surface area contributed by atoms with Crippen LogP contribution in [0.3, 0.4) is 0 Å². The topological polar surface area (TPSA) is 29.5 Å². The lowest BCUT2D eigenvalue weighted by Gasteiger charge is -2.32. The van der Waals surface area contributed by atoms with E-state index < -0.39 is 0 Å². The summed E-state index contributed by atoms with van der Waals surface area (Å²) < 4.78 is 13.1. The van der Waals surface area contributed by atoms with Crippen LogP contribution in [0.1, 0.15) is 25.0 Å². The molecule has 0 atom stereocenters. The molecule has 3 heteroatoms. The Morgan fingerprint density at radius 2 is 1.13 bits per heavy atom. The van der Waals surface area contributed by atoms with Gasteiger partial charge in [0.1, 0.15) is 22.3 Å². The molecule has 0 saturated carbocycles. The minimum absolute atomic E-state index is 0.213. The maximum absolute atomic E-state index is 6.61. The lowest BCUT2D eigenvalue weighted by molar-refractivity contribution is 0.661. The first-order valence-electron chi connectivity index (χ1n) is 17.9. The molecule has 0 unspecified atom stereocenters. The van der Waals surface area contributed by atoms with E-state index in [0.29, 0.717) is 0 Å². The van der Waals surface area contributed by atoms with Gasteiger partial charge < -0.3 is 13.7 Å². The second kappa shape index (κ2) is 10.7. The zero-order valence-electron chi connectivity index (χ0n) is 28.9. The summed E-state index contributed by atoms with van der Waals surface area (Å²) in [6, 6.07) is 58.7. The van der Waals surface area contributed by atoms with Crippen molar-refractivity contribution in [3.8, 4) is 22.3 Å². The Labute approximate surface area is 301 Å². The first kappa shape index (κ1) is 29.2. The number of furan rings is 2.